The van der Waals surface area contributed by atoms with Crippen LogP contribution in [0.4, 0.5) is 4.39 Å². The first-order valence-corrected chi connectivity index (χ1v) is 7.55. The molecular formula is C16H27FN2O2. The van der Waals surface area contributed by atoms with Gasteiger partial charge in [-0.05, 0) is 24.4 Å². The van der Waals surface area contributed by atoms with Crippen LogP contribution in [0.5, 0.6) is 5.88 Å². The molecule has 0 aliphatic carbocycles. The highest BCUT2D eigenvalue weighted by atomic mass is 19.1. The van der Waals surface area contributed by atoms with Crippen molar-refractivity contribution in [2.45, 2.75) is 34.2 Å². The highest BCUT2D eigenvalue weighted by Gasteiger charge is 2.10. The molecule has 0 unspecified atom stereocenters. The molecule has 1 heterocycles. The van der Waals surface area contributed by atoms with E-state index >= 15 is 0 Å². The number of nitrogens with zero attached hydrogens (tertiary/aromatic N) is 1. The van der Waals surface area contributed by atoms with Crippen molar-refractivity contribution in [1.29, 1.82) is 0 Å². The summed E-state index contributed by atoms with van der Waals surface area (Å²) in [5.74, 6) is 0.670. The zero-order chi connectivity index (χ0) is 15.7. The number of ether oxygens (including phenoxy) is 2. The minimum atomic E-state index is -0.391. The Bertz CT molecular complexity index is 411. The lowest BCUT2D eigenvalue weighted by Gasteiger charge is -2.11. The first-order valence-electron chi connectivity index (χ1n) is 7.55. The molecule has 0 radical (unpaired) electrons. The molecule has 5 heteroatoms. The second kappa shape index (κ2) is 9.68. The fourth-order valence-electron chi connectivity index (χ4n) is 1.71. The van der Waals surface area contributed by atoms with Crippen molar-refractivity contribution < 1.29 is 13.9 Å². The largest absolute Gasteiger partial charge is 0.473 e. The van der Waals surface area contributed by atoms with Gasteiger partial charge in [0.2, 0.25) is 0 Å². The van der Waals surface area contributed by atoms with E-state index in [-0.39, 0.29) is 5.88 Å². The van der Waals surface area contributed by atoms with Crippen LogP contribution in [0.3, 0.4) is 0 Å². The van der Waals surface area contributed by atoms with E-state index in [4.69, 9.17) is 9.47 Å². The molecule has 0 aliphatic rings. The van der Waals surface area contributed by atoms with Crippen molar-refractivity contribution in [2.75, 3.05) is 26.4 Å². The van der Waals surface area contributed by atoms with Gasteiger partial charge in [0.25, 0.3) is 5.88 Å². The van der Waals surface area contributed by atoms with Crippen molar-refractivity contribution in [3.8, 4) is 5.88 Å². The maximum atomic E-state index is 14.2. The molecule has 1 aromatic rings. The zero-order valence-corrected chi connectivity index (χ0v) is 13.5. The van der Waals surface area contributed by atoms with Crippen LogP contribution in [0.2, 0.25) is 0 Å². The van der Waals surface area contributed by atoms with Gasteiger partial charge in [-0.3, -0.25) is 0 Å². The van der Waals surface area contributed by atoms with E-state index in [1.54, 1.807) is 12.3 Å². The minimum Gasteiger partial charge on any atom is -0.473 e. The Balaban J connectivity index is 2.40. The van der Waals surface area contributed by atoms with Gasteiger partial charge in [-0.15, -0.1) is 0 Å². The average Bonchev–Trinajstić information content (AvgIpc) is 2.41. The fraction of sp³-hybridized carbons (Fsp3) is 0.688. The second-order valence-electron chi connectivity index (χ2n) is 5.93. The first-order chi connectivity index (χ1) is 10.0. The molecule has 0 saturated heterocycles. The Hall–Kier alpha value is -1.20. The van der Waals surface area contributed by atoms with Crippen molar-refractivity contribution >= 4 is 0 Å². The van der Waals surface area contributed by atoms with Gasteiger partial charge < -0.3 is 14.8 Å². The van der Waals surface area contributed by atoms with Crippen LogP contribution in [0.15, 0.2) is 12.3 Å². The van der Waals surface area contributed by atoms with E-state index in [1.807, 2.05) is 0 Å². The third-order valence-electron chi connectivity index (χ3n) is 2.72. The summed E-state index contributed by atoms with van der Waals surface area (Å²) in [7, 11) is 0. The molecule has 1 aromatic heterocycles. The van der Waals surface area contributed by atoms with Crippen LogP contribution < -0.4 is 10.1 Å². The van der Waals surface area contributed by atoms with Gasteiger partial charge in [-0.25, -0.2) is 9.37 Å². The second-order valence-corrected chi connectivity index (χ2v) is 5.93. The van der Waals surface area contributed by atoms with E-state index in [2.05, 4.69) is 38.0 Å². The SMILES string of the molecule is CC(C)CNCc1ccnc(OCCOCC(C)C)c1F. The topological polar surface area (TPSA) is 43.4 Å². The Morgan fingerprint density at radius 3 is 2.62 bits per heavy atom. The molecule has 1 rings (SSSR count). The molecule has 120 valence electrons. The van der Waals surface area contributed by atoms with Crippen molar-refractivity contribution in [3.05, 3.63) is 23.6 Å². The molecule has 0 fully saturated rings. The summed E-state index contributed by atoms with van der Waals surface area (Å²) in [6, 6.07) is 1.67. The Labute approximate surface area is 127 Å². The van der Waals surface area contributed by atoms with Crippen LogP contribution in [-0.2, 0) is 11.3 Å². The Kier molecular flexibility index (Phi) is 8.23. The molecule has 0 amide bonds. The summed E-state index contributed by atoms with van der Waals surface area (Å²) >= 11 is 0. The standard InChI is InChI=1S/C16H27FN2O2/c1-12(2)9-18-10-14-5-6-19-16(15(14)17)21-8-7-20-11-13(3)4/h5-6,12-13,18H,7-11H2,1-4H3. The molecule has 21 heavy (non-hydrogen) atoms. The van der Waals surface area contributed by atoms with Crippen molar-refractivity contribution in [2.24, 2.45) is 11.8 Å². The molecule has 1 N–H and O–H groups in total. The van der Waals surface area contributed by atoms with Gasteiger partial charge in [-0.1, -0.05) is 27.7 Å². The molecular weight excluding hydrogens is 271 g/mol. The van der Waals surface area contributed by atoms with Gasteiger partial charge in [0, 0.05) is 24.9 Å². The lowest BCUT2D eigenvalue weighted by molar-refractivity contribution is 0.0793. The van der Waals surface area contributed by atoms with Gasteiger partial charge in [0.05, 0.1) is 6.61 Å². The van der Waals surface area contributed by atoms with Crippen LogP contribution >= 0.6 is 0 Å². The number of rotatable bonds is 10. The number of hydrogen-bond acceptors (Lipinski definition) is 4. The first kappa shape index (κ1) is 17.9. The Morgan fingerprint density at radius 1 is 1.19 bits per heavy atom. The summed E-state index contributed by atoms with van der Waals surface area (Å²) in [6.45, 7) is 11.1. The predicted octanol–water partition coefficient (Wildman–Crippen LogP) is 3.02. The predicted molar refractivity (Wildman–Crippen MR) is 81.9 cm³/mol. The molecule has 0 atom stereocenters. The van der Waals surface area contributed by atoms with Crippen LogP contribution in [-0.4, -0.2) is 31.3 Å². The van der Waals surface area contributed by atoms with Crippen molar-refractivity contribution in [1.82, 2.24) is 10.3 Å². The molecule has 0 saturated carbocycles. The lowest BCUT2D eigenvalue weighted by Crippen LogP contribution is -2.20. The molecule has 0 aliphatic heterocycles. The van der Waals surface area contributed by atoms with E-state index in [0.29, 0.717) is 43.8 Å². The van der Waals surface area contributed by atoms with E-state index in [0.717, 1.165) is 6.54 Å². The number of aromatic nitrogens is 1. The van der Waals surface area contributed by atoms with Gasteiger partial charge >= 0.3 is 0 Å². The third kappa shape index (κ3) is 7.39. The monoisotopic (exact) mass is 298 g/mol. The normalized spacial score (nSPS) is 11.4. The quantitative estimate of drug-likeness (QED) is 0.674. The van der Waals surface area contributed by atoms with Crippen LogP contribution in [0, 0.1) is 17.7 Å². The summed E-state index contributed by atoms with van der Waals surface area (Å²) in [6.07, 6.45) is 1.57. The summed E-state index contributed by atoms with van der Waals surface area (Å²) in [5, 5.41) is 3.21. The van der Waals surface area contributed by atoms with Gasteiger partial charge in [-0.2, -0.15) is 0 Å². The van der Waals surface area contributed by atoms with E-state index in [1.165, 1.54) is 0 Å². The highest BCUT2D eigenvalue weighted by Crippen LogP contribution is 2.17. The van der Waals surface area contributed by atoms with E-state index in [9.17, 15) is 4.39 Å². The lowest BCUT2D eigenvalue weighted by atomic mass is 10.2. The number of halogens is 1. The van der Waals surface area contributed by atoms with Gasteiger partial charge in [0.15, 0.2) is 5.82 Å². The van der Waals surface area contributed by atoms with Crippen LogP contribution in [0.1, 0.15) is 33.3 Å². The summed E-state index contributed by atoms with van der Waals surface area (Å²) < 4.78 is 24.9. The number of pyridine rings is 1. The Morgan fingerprint density at radius 2 is 1.95 bits per heavy atom. The molecule has 0 bridgehead atoms. The number of nitrogens with one attached hydrogen (secondary N) is 1. The fourth-order valence-corrected chi connectivity index (χ4v) is 1.71. The summed E-state index contributed by atoms with van der Waals surface area (Å²) in [4.78, 5) is 3.93. The molecule has 0 aromatic carbocycles. The maximum Gasteiger partial charge on any atom is 0.250 e. The van der Waals surface area contributed by atoms with Crippen LogP contribution in [0.25, 0.3) is 0 Å². The maximum absolute atomic E-state index is 14.2. The van der Waals surface area contributed by atoms with E-state index < -0.39 is 5.82 Å². The minimum absolute atomic E-state index is 0.0481. The zero-order valence-electron chi connectivity index (χ0n) is 13.5. The highest BCUT2D eigenvalue weighted by molar-refractivity contribution is 5.23. The molecule has 4 nitrogen and oxygen atoms in total. The van der Waals surface area contributed by atoms with Crippen molar-refractivity contribution in [3.63, 3.8) is 0 Å². The summed E-state index contributed by atoms with van der Waals surface area (Å²) in [5.41, 5.74) is 0.573. The van der Waals surface area contributed by atoms with Gasteiger partial charge in [0.1, 0.15) is 6.61 Å². The number of hydrogen-bond donors (Lipinski definition) is 1. The average molecular weight is 298 g/mol. The molecule has 0 spiro atoms. The smallest absolute Gasteiger partial charge is 0.250 e. The third-order valence-corrected chi connectivity index (χ3v) is 2.72.